The van der Waals surface area contributed by atoms with E-state index >= 15 is 0 Å². The third-order valence-corrected chi connectivity index (χ3v) is 2.46. The number of hydrogen-bond acceptors (Lipinski definition) is 2. The molecule has 0 N–H and O–H groups in total. The Hall–Kier alpha value is -1.35. The highest BCUT2D eigenvalue weighted by Gasteiger charge is 1.98. The third-order valence-electron chi connectivity index (χ3n) is 1.88. The third kappa shape index (κ3) is 2.80. The Morgan fingerprint density at radius 1 is 1.00 bits per heavy atom. The fraction of sp³-hybridized carbons (Fsp3) is 0.0833. The van der Waals surface area contributed by atoms with E-state index in [4.69, 9.17) is 4.74 Å². The number of ether oxygens (including phenoxy) is 1. The summed E-state index contributed by atoms with van der Waals surface area (Å²) in [6.45, 7) is 0. The number of benzene rings is 1. The molecule has 0 aliphatic heterocycles. The largest absolute Gasteiger partial charge is 0.439 e. The summed E-state index contributed by atoms with van der Waals surface area (Å²) in [7, 11) is 0. The van der Waals surface area contributed by atoms with Crippen molar-refractivity contribution in [2.24, 2.45) is 0 Å². The Morgan fingerprint density at radius 2 is 1.80 bits per heavy atom. The van der Waals surface area contributed by atoms with Crippen LogP contribution in [0.15, 0.2) is 48.5 Å². The Bertz CT molecular complexity index is 431. The Kier molecular flexibility index (Phi) is 3.35. The van der Waals surface area contributed by atoms with Crippen LogP contribution in [0.5, 0.6) is 11.6 Å². The lowest BCUT2D eigenvalue weighted by Gasteiger charge is -2.04. The quantitative estimate of drug-likeness (QED) is 0.787. The topological polar surface area (TPSA) is 22.1 Å². The number of rotatable bonds is 3. The van der Waals surface area contributed by atoms with Gasteiger partial charge in [0.15, 0.2) is 0 Å². The van der Waals surface area contributed by atoms with Crippen molar-refractivity contribution in [2.75, 3.05) is 0 Å². The first kappa shape index (κ1) is 10.2. The van der Waals surface area contributed by atoms with Gasteiger partial charge in [0.1, 0.15) is 5.75 Å². The van der Waals surface area contributed by atoms with Crippen molar-refractivity contribution in [3.63, 3.8) is 0 Å². The van der Waals surface area contributed by atoms with E-state index in [0.29, 0.717) is 5.88 Å². The molecule has 0 amide bonds. The first-order valence-electron chi connectivity index (χ1n) is 4.63. The van der Waals surface area contributed by atoms with E-state index in [9.17, 15) is 0 Å². The number of aromatic nitrogens is 1. The fourth-order valence-corrected chi connectivity index (χ4v) is 1.51. The molecule has 0 spiro atoms. The van der Waals surface area contributed by atoms with Gasteiger partial charge in [0, 0.05) is 11.4 Å². The van der Waals surface area contributed by atoms with Crippen LogP contribution in [0.1, 0.15) is 5.69 Å². The molecule has 76 valence electrons. The van der Waals surface area contributed by atoms with E-state index in [-0.39, 0.29) is 0 Å². The minimum Gasteiger partial charge on any atom is -0.439 e. The van der Waals surface area contributed by atoms with Crippen LogP contribution in [0.25, 0.3) is 0 Å². The number of nitrogens with zero attached hydrogens (tertiary/aromatic N) is 1. The van der Waals surface area contributed by atoms with Gasteiger partial charge in [-0.15, -0.1) is 0 Å². The smallest absolute Gasteiger partial charge is 0.219 e. The molecule has 0 aliphatic rings. The minimum atomic E-state index is 0.623. The van der Waals surface area contributed by atoms with Gasteiger partial charge in [0.05, 0.1) is 5.69 Å². The van der Waals surface area contributed by atoms with Crippen LogP contribution in [0.3, 0.4) is 0 Å². The number of pyridine rings is 1. The van der Waals surface area contributed by atoms with Gasteiger partial charge in [-0.05, 0) is 18.2 Å². The van der Waals surface area contributed by atoms with Gasteiger partial charge in [0.25, 0.3) is 0 Å². The van der Waals surface area contributed by atoms with E-state index < -0.39 is 0 Å². The molecule has 0 radical (unpaired) electrons. The Labute approximate surface area is 97.1 Å². The number of halogens is 1. The lowest BCUT2D eigenvalue weighted by Crippen LogP contribution is -1.90. The van der Waals surface area contributed by atoms with Crippen LogP contribution in [-0.2, 0) is 5.33 Å². The number of alkyl halides is 1. The lowest BCUT2D eigenvalue weighted by atomic mass is 10.3. The summed E-state index contributed by atoms with van der Waals surface area (Å²) in [5.41, 5.74) is 0.962. The van der Waals surface area contributed by atoms with Gasteiger partial charge in [0.2, 0.25) is 5.88 Å². The Morgan fingerprint density at radius 3 is 2.53 bits per heavy atom. The maximum atomic E-state index is 5.59. The summed E-state index contributed by atoms with van der Waals surface area (Å²) in [5.74, 6) is 1.43. The van der Waals surface area contributed by atoms with E-state index in [1.807, 2.05) is 48.5 Å². The average Bonchev–Trinajstić information content (AvgIpc) is 2.31. The van der Waals surface area contributed by atoms with Gasteiger partial charge in [-0.25, -0.2) is 4.98 Å². The zero-order valence-corrected chi connectivity index (χ0v) is 9.65. The van der Waals surface area contributed by atoms with Crippen molar-refractivity contribution in [2.45, 2.75) is 5.33 Å². The maximum absolute atomic E-state index is 5.59. The fourth-order valence-electron chi connectivity index (χ4n) is 1.20. The zero-order chi connectivity index (χ0) is 10.5. The molecule has 2 nitrogen and oxygen atoms in total. The molecular formula is C12H10BrNO. The molecule has 2 rings (SSSR count). The second-order valence-electron chi connectivity index (χ2n) is 3.02. The average molecular weight is 264 g/mol. The zero-order valence-electron chi connectivity index (χ0n) is 8.06. The van der Waals surface area contributed by atoms with Gasteiger partial charge in [-0.3, -0.25) is 0 Å². The van der Waals surface area contributed by atoms with Gasteiger partial charge >= 0.3 is 0 Å². The second-order valence-corrected chi connectivity index (χ2v) is 3.58. The summed E-state index contributed by atoms with van der Waals surface area (Å²) in [4.78, 5) is 4.32. The summed E-state index contributed by atoms with van der Waals surface area (Å²) in [6, 6.07) is 15.4. The molecule has 1 heterocycles. The Balaban J connectivity index is 2.17. The molecule has 15 heavy (non-hydrogen) atoms. The molecule has 3 heteroatoms. The highest BCUT2D eigenvalue weighted by atomic mass is 79.9. The number of hydrogen-bond donors (Lipinski definition) is 0. The molecule has 0 bridgehead atoms. The van der Waals surface area contributed by atoms with Gasteiger partial charge in [-0.1, -0.05) is 40.2 Å². The molecule has 0 aliphatic carbocycles. The van der Waals surface area contributed by atoms with Crippen molar-refractivity contribution in [3.8, 4) is 11.6 Å². The first-order valence-corrected chi connectivity index (χ1v) is 5.75. The molecule has 0 atom stereocenters. The van der Waals surface area contributed by atoms with Crippen LogP contribution in [-0.4, -0.2) is 4.98 Å². The molecular weight excluding hydrogens is 254 g/mol. The van der Waals surface area contributed by atoms with Gasteiger partial charge < -0.3 is 4.74 Å². The van der Waals surface area contributed by atoms with Crippen molar-refractivity contribution < 1.29 is 4.74 Å². The van der Waals surface area contributed by atoms with Crippen molar-refractivity contribution in [3.05, 3.63) is 54.2 Å². The standard InChI is InChI=1S/C12H10BrNO/c13-9-10-5-4-8-12(14-10)15-11-6-2-1-3-7-11/h1-8H,9H2. The summed E-state index contributed by atoms with van der Waals surface area (Å²) in [5, 5.41) is 0.735. The predicted octanol–water partition coefficient (Wildman–Crippen LogP) is 3.77. The van der Waals surface area contributed by atoms with E-state index in [1.165, 1.54) is 0 Å². The highest BCUT2D eigenvalue weighted by Crippen LogP contribution is 2.19. The normalized spacial score (nSPS) is 9.93. The van der Waals surface area contributed by atoms with Crippen molar-refractivity contribution in [1.29, 1.82) is 0 Å². The molecule has 0 fully saturated rings. The summed E-state index contributed by atoms with van der Waals surface area (Å²) < 4.78 is 5.59. The van der Waals surface area contributed by atoms with Gasteiger partial charge in [-0.2, -0.15) is 0 Å². The summed E-state index contributed by atoms with van der Waals surface area (Å²) in [6.07, 6.45) is 0. The molecule has 0 saturated carbocycles. The van der Waals surface area contributed by atoms with Crippen molar-refractivity contribution in [1.82, 2.24) is 4.98 Å². The second kappa shape index (κ2) is 4.94. The number of para-hydroxylation sites is 1. The van der Waals surface area contributed by atoms with Crippen LogP contribution >= 0.6 is 15.9 Å². The predicted molar refractivity (Wildman–Crippen MR) is 63.4 cm³/mol. The monoisotopic (exact) mass is 263 g/mol. The van der Waals surface area contributed by atoms with E-state index in [0.717, 1.165) is 16.8 Å². The molecule has 0 unspecified atom stereocenters. The van der Waals surface area contributed by atoms with Crippen molar-refractivity contribution >= 4 is 15.9 Å². The summed E-state index contributed by atoms with van der Waals surface area (Å²) >= 11 is 3.36. The molecule has 1 aromatic carbocycles. The van der Waals surface area contributed by atoms with Crippen LogP contribution < -0.4 is 4.74 Å². The van der Waals surface area contributed by atoms with E-state index in [2.05, 4.69) is 20.9 Å². The lowest BCUT2D eigenvalue weighted by molar-refractivity contribution is 0.461. The molecule has 2 aromatic rings. The molecule has 1 aromatic heterocycles. The SMILES string of the molecule is BrCc1cccc(Oc2ccccc2)n1. The molecule has 0 saturated heterocycles. The maximum Gasteiger partial charge on any atom is 0.219 e. The van der Waals surface area contributed by atoms with E-state index in [1.54, 1.807) is 0 Å². The first-order chi connectivity index (χ1) is 7.38. The van der Waals surface area contributed by atoms with Crippen LogP contribution in [0.2, 0.25) is 0 Å². The van der Waals surface area contributed by atoms with Crippen LogP contribution in [0.4, 0.5) is 0 Å². The highest BCUT2D eigenvalue weighted by molar-refractivity contribution is 9.08. The van der Waals surface area contributed by atoms with Crippen LogP contribution in [0, 0.1) is 0 Å². The minimum absolute atomic E-state index is 0.623.